The van der Waals surface area contributed by atoms with Crippen LogP contribution in [0, 0.1) is 0 Å². The van der Waals surface area contributed by atoms with Crippen LogP contribution in [0.5, 0.6) is 0 Å². The molecule has 9 heteroatoms. The number of carbonyl (C=O) groups is 2. The van der Waals surface area contributed by atoms with Gasteiger partial charge in [0.2, 0.25) is 0 Å². The van der Waals surface area contributed by atoms with Crippen LogP contribution < -0.4 is 5.32 Å². The van der Waals surface area contributed by atoms with Crippen molar-refractivity contribution < 1.29 is 32.2 Å². The number of esters is 1. The lowest BCUT2D eigenvalue weighted by atomic mass is 10.0. The second-order valence-electron chi connectivity index (χ2n) is 7.10. The zero-order valence-electron chi connectivity index (χ0n) is 17.6. The van der Waals surface area contributed by atoms with Crippen LogP contribution in [0.1, 0.15) is 23.6 Å². The normalized spacial score (nSPS) is 12.5. The predicted octanol–water partition coefficient (Wildman–Crippen LogP) is 4.54. The Labute approximate surface area is 182 Å². The van der Waals surface area contributed by atoms with Crippen LogP contribution in [-0.4, -0.2) is 36.4 Å². The second-order valence-corrected chi connectivity index (χ2v) is 7.10. The van der Waals surface area contributed by atoms with Gasteiger partial charge in [-0.15, -0.1) is 0 Å². The third kappa shape index (κ3) is 5.28. The number of halogens is 3. The van der Waals surface area contributed by atoms with Crippen molar-refractivity contribution in [2.45, 2.75) is 32.1 Å². The van der Waals surface area contributed by atoms with Crippen LogP contribution in [-0.2, 0) is 33.4 Å². The molecule has 0 saturated heterocycles. The average Bonchev–Trinajstić information content (AvgIpc) is 3.14. The van der Waals surface area contributed by atoms with E-state index in [1.807, 2.05) is 12.1 Å². The monoisotopic (exact) mass is 448 g/mol. The van der Waals surface area contributed by atoms with Gasteiger partial charge in [-0.25, -0.2) is 4.79 Å². The van der Waals surface area contributed by atoms with Gasteiger partial charge in [-0.1, -0.05) is 36.4 Å². The summed E-state index contributed by atoms with van der Waals surface area (Å²) in [5.41, 5.74) is 0.939. The first-order valence-electron chi connectivity index (χ1n) is 9.98. The number of rotatable bonds is 7. The summed E-state index contributed by atoms with van der Waals surface area (Å²) in [5, 5.41) is 3.73. The fourth-order valence-electron chi connectivity index (χ4n) is 3.46. The van der Waals surface area contributed by atoms with Crippen molar-refractivity contribution in [3.8, 4) is 0 Å². The van der Waals surface area contributed by atoms with Crippen LogP contribution in [0.25, 0.3) is 10.9 Å². The summed E-state index contributed by atoms with van der Waals surface area (Å²) < 4.78 is 50.3. The highest BCUT2D eigenvalue weighted by Gasteiger charge is 2.30. The first kappa shape index (κ1) is 23.3. The van der Waals surface area contributed by atoms with E-state index in [9.17, 15) is 22.8 Å². The average molecular weight is 448 g/mol. The van der Waals surface area contributed by atoms with E-state index in [1.54, 1.807) is 31.3 Å². The van der Waals surface area contributed by atoms with Crippen LogP contribution >= 0.6 is 0 Å². The lowest BCUT2D eigenvalue weighted by molar-refractivity contribution is -0.143. The molecule has 1 N–H and O–H groups in total. The van der Waals surface area contributed by atoms with Crippen LogP contribution in [0.2, 0.25) is 0 Å². The van der Waals surface area contributed by atoms with Crippen LogP contribution in [0.4, 0.5) is 18.0 Å². The second kappa shape index (κ2) is 9.86. The highest BCUT2D eigenvalue weighted by atomic mass is 19.4. The number of hydrogen-bond acceptors (Lipinski definition) is 5. The number of methoxy groups -OCH3 is 1. The zero-order valence-corrected chi connectivity index (χ0v) is 17.6. The summed E-state index contributed by atoms with van der Waals surface area (Å²) in [6.07, 6.45) is -3.23. The molecule has 0 aliphatic heterocycles. The van der Waals surface area contributed by atoms with Gasteiger partial charge in [0.05, 0.1) is 24.8 Å². The van der Waals surface area contributed by atoms with Gasteiger partial charge in [-0.3, -0.25) is 9.36 Å². The van der Waals surface area contributed by atoms with Crippen molar-refractivity contribution in [3.05, 3.63) is 71.4 Å². The van der Waals surface area contributed by atoms with Gasteiger partial charge in [0, 0.05) is 24.5 Å². The molecule has 0 radical (unpaired) electrons. The van der Waals surface area contributed by atoms with E-state index in [0.717, 1.165) is 17.5 Å². The molecule has 3 aromatic rings. The molecule has 3 rings (SSSR count). The zero-order chi connectivity index (χ0) is 23.3. The Bertz CT molecular complexity index is 1110. The summed E-state index contributed by atoms with van der Waals surface area (Å²) in [4.78, 5) is 24.7. The minimum Gasteiger partial charge on any atom is -0.468 e. The van der Waals surface area contributed by atoms with Crippen molar-refractivity contribution in [2.24, 2.45) is 0 Å². The van der Waals surface area contributed by atoms with Gasteiger partial charge in [0.1, 0.15) is 6.04 Å². The Morgan fingerprint density at radius 2 is 1.88 bits per heavy atom. The maximum atomic E-state index is 13.0. The number of alkyl halides is 3. The fraction of sp³-hybridized carbons (Fsp3) is 0.304. The number of benzene rings is 2. The number of hydrogen-bond donors (Lipinski definition) is 1. The Kier molecular flexibility index (Phi) is 7.19. The standard InChI is InChI=1S/C23H23F3N2O4/c1-3-32-22(30)28-14-16(18-9-4-5-10-20(18)28)12-19(21(29)31-2)27-13-15-7-6-8-17(11-15)23(24,25)26/h4-11,14,19,27H,3,12-13H2,1-2H3/t19-/m0/s1. The maximum Gasteiger partial charge on any atom is 0.418 e. The smallest absolute Gasteiger partial charge is 0.418 e. The molecule has 0 bridgehead atoms. The third-order valence-corrected chi connectivity index (χ3v) is 4.98. The van der Waals surface area contributed by atoms with Gasteiger partial charge >= 0.3 is 18.2 Å². The largest absolute Gasteiger partial charge is 0.468 e. The Balaban J connectivity index is 1.85. The number of aromatic nitrogens is 1. The molecule has 1 heterocycles. The van der Waals surface area contributed by atoms with Gasteiger partial charge in [0.15, 0.2) is 0 Å². The van der Waals surface area contributed by atoms with E-state index in [1.165, 1.54) is 17.7 Å². The van der Waals surface area contributed by atoms with E-state index in [-0.39, 0.29) is 19.6 Å². The van der Waals surface area contributed by atoms with E-state index < -0.39 is 29.8 Å². The SMILES string of the molecule is CCOC(=O)n1cc(C[C@H](NCc2cccc(C(F)(F)F)c2)C(=O)OC)c2ccccc21. The third-order valence-electron chi connectivity index (χ3n) is 4.98. The molecule has 0 amide bonds. The molecule has 0 spiro atoms. The molecule has 0 saturated carbocycles. The molecule has 1 atom stereocenters. The summed E-state index contributed by atoms with van der Waals surface area (Å²) in [6.45, 7) is 1.94. The van der Waals surface area contributed by atoms with Crippen molar-refractivity contribution in [2.75, 3.05) is 13.7 Å². The molecule has 0 aliphatic carbocycles. The molecule has 0 aliphatic rings. The molecular weight excluding hydrogens is 425 g/mol. The fourth-order valence-corrected chi connectivity index (χ4v) is 3.46. The van der Waals surface area contributed by atoms with Crippen molar-refractivity contribution in [3.63, 3.8) is 0 Å². The minimum atomic E-state index is -4.45. The first-order valence-corrected chi connectivity index (χ1v) is 9.98. The molecule has 170 valence electrons. The highest BCUT2D eigenvalue weighted by Crippen LogP contribution is 2.29. The molecule has 1 aromatic heterocycles. The van der Waals surface area contributed by atoms with Crippen molar-refractivity contribution in [1.82, 2.24) is 9.88 Å². The lowest BCUT2D eigenvalue weighted by Gasteiger charge is -2.17. The van der Waals surface area contributed by atoms with Gasteiger partial charge in [-0.05, 0) is 30.2 Å². The number of fused-ring (bicyclic) bond motifs is 1. The molecule has 32 heavy (non-hydrogen) atoms. The van der Waals surface area contributed by atoms with Crippen molar-refractivity contribution >= 4 is 23.0 Å². The van der Waals surface area contributed by atoms with Gasteiger partial charge in [0.25, 0.3) is 0 Å². The molecule has 0 unspecified atom stereocenters. The number of carbonyl (C=O) groups excluding carboxylic acids is 2. The summed E-state index contributed by atoms with van der Waals surface area (Å²) >= 11 is 0. The summed E-state index contributed by atoms with van der Waals surface area (Å²) in [7, 11) is 1.24. The maximum absolute atomic E-state index is 13.0. The van der Waals surface area contributed by atoms with Crippen molar-refractivity contribution in [1.29, 1.82) is 0 Å². The van der Waals surface area contributed by atoms with E-state index >= 15 is 0 Å². The highest BCUT2D eigenvalue weighted by molar-refractivity contribution is 5.92. The lowest BCUT2D eigenvalue weighted by Crippen LogP contribution is -2.39. The minimum absolute atomic E-state index is 0.0280. The van der Waals surface area contributed by atoms with E-state index in [4.69, 9.17) is 9.47 Å². The quantitative estimate of drug-likeness (QED) is 0.538. The van der Waals surface area contributed by atoms with Crippen LogP contribution in [0.3, 0.4) is 0 Å². The summed E-state index contributed by atoms with van der Waals surface area (Å²) in [5.74, 6) is -0.565. The van der Waals surface area contributed by atoms with E-state index in [2.05, 4.69) is 5.32 Å². The van der Waals surface area contributed by atoms with Gasteiger partial charge in [-0.2, -0.15) is 13.2 Å². The first-order chi connectivity index (χ1) is 15.2. The summed E-state index contributed by atoms with van der Waals surface area (Å²) in [6, 6.07) is 11.2. The number of para-hydroxylation sites is 1. The van der Waals surface area contributed by atoms with Crippen LogP contribution in [0.15, 0.2) is 54.7 Å². The molecule has 2 aromatic carbocycles. The number of ether oxygens (including phenoxy) is 2. The Morgan fingerprint density at radius 3 is 2.56 bits per heavy atom. The van der Waals surface area contributed by atoms with Gasteiger partial charge < -0.3 is 14.8 Å². The molecular formula is C23H23F3N2O4. The molecule has 6 nitrogen and oxygen atoms in total. The Hall–Kier alpha value is -3.33. The Morgan fingerprint density at radius 1 is 1.12 bits per heavy atom. The predicted molar refractivity (Wildman–Crippen MR) is 112 cm³/mol. The number of nitrogens with zero attached hydrogens (tertiary/aromatic N) is 1. The topological polar surface area (TPSA) is 69.6 Å². The molecule has 0 fully saturated rings. The van der Waals surface area contributed by atoms with E-state index in [0.29, 0.717) is 16.6 Å². The number of nitrogens with one attached hydrogen (secondary N) is 1.